The highest BCUT2D eigenvalue weighted by molar-refractivity contribution is 5.82. The molecule has 1 aliphatic rings. The van der Waals surface area contributed by atoms with Gasteiger partial charge >= 0.3 is 12.1 Å². The first-order valence-corrected chi connectivity index (χ1v) is 11.7. The summed E-state index contributed by atoms with van der Waals surface area (Å²) in [4.78, 5) is 30.9. The number of carbonyl (C=O) groups is 2. The van der Waals surface area contributed by atoms with Gasteiger partial charge in [0.25, 0.3) is 0 Å². The molecule has 2 heterocycles. The standard InChI is InChI=1S/C26H28F3N3O3/c1-4-31(25(34)17-6-7-17)15-19-12-20(26(27,28)29)8-9-21(19)23-13-18(14-24(33)35-5-2)22-10-11-30-16(3)32(22)23/h8-13,17H,4-7,14-15H2,1-3H3. The Balaban J connectivity index is 1.86. The number of fused-ring (bicyclic) bond motifs is 1. The number of benzene rings is 1. The Bertz CT molecular complexity index is 1260. The fourth-order valence-electron chi connectivity index (χ4n) is 4.38. The normalized spacial score (nSPS) is 13.8. The molecule has 2 aromatic heterocycles. The minimum atomic E-state index is -4.52. The van der Waals surface area contributed by atoms with E-state index in [0.29, 0.717) is 34.8 Å². The van der Waals surface area contributed by atoms with E-state index in [-0.39, 0.29) is 37.4 Å². The zero-order valence-corrected chi connectivity index (χ0v) is 20.0. The van der Waals surface area contributed by atoms with E-state index >= 15 is 0 Å². The van der Waals surface area contributed by atoms with Gasteiger partial charge in [-0.2, -0.15) is 13.2 Å². The highest BCUT2D eigenvalue weighted by Crippen LogP contribution is 2.37. The monoisotopic (exact) mass is 487 g/mol. The van der Waals surface area contributed by atoms with Crippen LogP contribution in [0.2, 0.25) is 0 Å². The molecule has 0 atom stereocenters. The molecule has 9 heteroatoms. The molecule has 0 radical (unpaired) electrons. The van der Waals surface area contributed by atoms with E-state index in [1.54, 1.807) is 37.1 Å². The van der Waals surface area contributed by atoms with Gasteiger partial charge in [-0.3, -0.25) is 14.0 Å². The lowest BCUT2D eigenvalue weighted by molar-refractivity contribution is -0.142. The highest BCUT2D eigenvalue weighted by Gasteiger charge is 2.35. The number of rotatable bonds is 8. The number of hydrogen-bond acceptors (Lipinski definition) is 4. The van der Waals surface area contributed by atoms with Crippen molar-refractivity contribution in [2.75, 3.05) is 13.2 Å². The SMILES string of the molecule is CCOC(=O)Cc1cc(-c2ccc(C(F)(F)F)cc2CN(CC)C(=O)C2CC2)n2c(C)nccc12. The van der Waals surface area contributed by atoms with Crippen LogP contribution in [0.15, 0.2) is 36.5 Å². The van der Waals surface area contributed by atoms with Crippen molar-refractivity contribution in [3.63, 3.8) is 0 Å². The molecule has 3 aromatic rings. The molecule has 4 rings (SSSR count). The zero-order valence-electron chi connectivity index (χ0n) is 20.0. The third-order valence-electron chi connectivity index (χ3n) is 6.27. The summed E-state index contributed by atoms with van der Waals surface area (Å²) in [6.07, 6.45) is -1.23. The van der Waals surface area contributed by atoms with E-state index in [4.69, 9.17) is 4.74 Å². The van der Waals surface area contributed by atoms with Gasteiger partial charge < -0.3 is 9.64 Å². The van der Waals surface area contributed by atoms with Crippen molar-refractivity contribution in [1.82, 2.24) is 14.3 Å². The maximum Gasteiger partial charge on any atom is 0.416 e. The van der Waals surface area contributed by atoms with Gasteiger partial charge in [0.15, 0.2) is 0 Å². The van der Waals surface area contributed by atoms with Crippen LogP contribution in [0.1, 0.15) is 49.2 Å². The Morgan fingerprint density at radius 3 is 2.51 bits per heavy atom. The van der Waals surface area contributed by atoms with Gasteiger partial charge in [-0.15, -0.1) is 0 Å². The fraction of sp³-hybridized carbons (Fsp3) is 0.423. The molecule has 1 saturated carbocycles. The van der Waals surface area contributed by atoms with Crippen LogP contribution in [0.25, 0.3) is 16.8 Å². The van der Waals surface area contributed by atoms with Crippen molar-refractivity contribution in [2.24, 2.45) is 5.92 Å². The summed E-state index contributed by atoms with van der Waals surface area (Å²) in [7, 11) is 0. The molecule has 1 aliphatic carbocycles. The number of alkyl halides is 3. The lowest BCUT2D eigenvalue weighted by Gasteiger charge is -2.23. The molecule has 1 aromatic carbocycles. The summed E-state index contributed by atoms with van der Waals surface area (Å²) in [5, 5.41) is 0. The minimum absolute atomic E-state index is 0.0258. The van der Waals surface area contributed by atoms with Crippen molar-refractivity contribution < 1.29 is 27.5 Å². The van der Waals surface area contributed by atoms with Crippen molar-refractivity contribution in [3.8, 4) is 11.3 Å². The molecular formula is C26H28F3N3O3. The second-order valence-electron chi connectivity index (χ2n) is 8.75. The lowest BCUT2D eigenvalue weighted by Crippen LogP contribution is -2.31. The third-order valence-corrected chi connectivity index (χ3v) is 6.27. The maximum absolute atomic E-state index is 13.6. The summed E-state index contributed by atoms with van der Waals surface area (Å²) >= 11 is 0. The van der Waals surface area contributed by atoms with Crippen molar-refractivity contribution in [1.29, 1.82) is 0 Å². The van der Waals surface area contributed by atoms with Crippen molar-refractivity contribution in [2.45, 2.75) is 52.8 Å². The second kappa shape index (κ2) is 9.71. The summed E-state index contributed by atoms with van der Waals surface area (Å²) in [5.74, 6) is 0.165. The van der Waals surface area contributed by atoms with Crippen LogP contribution in [0, 0.1) is 12.8 Å². The molecule has 35 heavy (non-hydrogen) atoms. The van der Waals surface area contributed by atoms with Gasteiger partial charge in [-0.05, 0) is 69.0 Å². The molecule has 0 unspecified atom stereocenters. The van der Waals surface area contributed by atoms with Crippen LogP contribution in [0.5, 0.6) is 0 Å². The van der Waals surface area contributed by atoms with Gasteiger partial charge in [0, 0.05) is 30.8 Å². The third kappa shape index (κ3) is 5.18. The molecule has 6 nitrogen and oxygen atoms in total. The number of aryl methyl sites for hydroxylation is 1. The predicted molar refractivity (Wildman–Crippen MR) is 125 cm³/mol. The van der Waals surface area contributed by atoms with Gasteiger partial charge in [0.05, 0.1) is 29.8 Å². The van der Waals surface area contributed by atoms with E-state index < -0.39 is 11.7 Å². The van der Waals surface area contributed by atoms with E-state index in [1.165, 1.54) is 6.07 Å². The Hall–Kier alpha value is -3.36. The van der Waals surface area contributed by atoms with Gasteiger partial charge in [0.1, 0.15) is 5.82 Å². The number of nitrogens with zero attached hydrogens (tertiary/aromatic N) is 3. The van der Waals surface area contributed by atoms with E-state index in [1.807, 2.05) is 11.3 Å². The number of hydrogen-bond donors (Lipinski definition) is 0. The quantitative estimate of drug-likeness (QED) is 0.410. The first-order valence-electron chi connectivity index (χ1n) is 11.7. The molecule has 0 spiro atoms. The summed E-state index contributed by atoms with van der Waals surface area (Å²) < 4.78 is 47.8. The van der Waals surface area contributed by atoms with E-state index in [0.717, 1.165) is 30.5 Å². The molecule has 0 N–H and O–H groups in total. The summed E-state index contributed by atoms with van der Waals surface area (Å²) in [6.45, 7) is 6.06. The minimum Gasteiger partial charge on any atom is -0.466 e. The predicted octanol–water partition coefficient (Wildman–Crippen LogP) is 5.19. The Morgan fingerprint density at radius 1 is 1.14 bits per heavy atom. The number of carbonyl (C=O) groups excluding carboxylic acids is 2. The smallest absolute Gasteiger partial charge is 0.416 e. The first-order chi connectivity index (χ1) is 16.6. The average molecular weight is 488 g/mol. The number of ether oxygens (including phenoxy) is 1. The second-order valence-corrected chi connectivity index (χ2v) is 8.75. The largest absolute Gasteiger partial charge is 0.466 e. The van der Waals surface area contributed by atoms with Crippen LogP contribution in [-0.4, -0.2) is 39.3 Å². The lowest BCUT2D eigenvalue weighted by atomic mass is 9.99. The molecule has 0 aliphatic heterocycles. The van der Waals surface area contributed by atoms with Crippen molar-refractivity contribution >= 4 is 17.4 Å². The average Bonchev–Trinajstić information content (AvgIpc) is 3.59. The number of amides is 1. The van der Waals surface area contributed by atoms with Crippen LogP contribution < -0.4 is 0 Å². The summed E-state index contributed by atoms with van der Waals surface area (Å²) in [5.41, 5.74) is 2.21. The fourth-order valence-corrected chi connectivity index (χ4v) is 4.38. The molecule has 1 amide bonds. The van der Waals surface area contributed by atoms with Crippen LogP contribution in [-0.2, 0) is 33.5 Å². The number of esters is 1. The Labute approximate surface area is 201 Å². The molecule has 1 fully saturated rings. The Morgan fingerprint density at radius 2 is 1.89 bits per heavy atom. The highest BCUT2D eigenvalue weighted by atomic mass is 19.4. The van der Waals surface area contributed by atoms with E-state index in [9.17, 15) is 22.8 Å². The first kappa shape index (κ1) is 24.8. The molecule has 0 saturated heterocycles. The van der Waals surface area contributed by atoms with Gasteiger partial charge in [0.2, 0.25) is 5.91 Å². The molecule has 186 valence electrons. The number of aromatic nitrogens is 2. The van der Waals surface area contributed by atoms with Crippen molar-refractivity contribution in [3.05, 3.63) is 59.0 Å². The maximum atomic E-state index is 13.6. The molecule has 0 bridgehead atoms. The Kier molecular flexibility index (Phi) is 6.87. The van der Waals surface area contributed by atoms with E-state index in [2.05, 4.69) is 4.98 Å². The molecular weight excluding hydrogens is 459 g/mol. The van der Waals surface area contributed by atoms with Gasteiger partial charge in [-0.1, -0.05) is 6.07 Å². The number of halogens is 3. The van der Waals surface area contributed by atoms with Crippen LogP contribution in [0.3, 0.4) is 0 Å². The topological polar surface area (TPSA) is 63.9 Å². The van der Waals surface area contributed by atoms with Gasteiger partial charge in [-0.25, -0.2) is 4.98 Å². The van der Waals surface area contributed by atoms with Crippen LogP contribution >= 0.6 is 0 Å². The van der Waals surface area contributed by atoms with Crippen LogP contribution in [0.4, 0.5) is 13.2 Å². The summed E-state index contributed by atoms with van der Waals surface area (Å²) in [6, 6.07) is 7.17. The zero-order chi connectivity index (χ0) is 25.3.